The second-order valence-corrected chi connectivity index (χ2v) is 17.8. The Morgan fingerprint density at radius 3 is 1.49 bits per heavy atom. The molecule has 406 valence electrons. The third kappa shape index (κ3) is 42.3. The van der Waals surface area contributed by atoms with Crippen LogP contribution in [0.15, 0.2) is 78.1 Å². The van der Waals surface area contributed by atoms with E-state index in [0.717, 1.165) is 44.6 Å². The summed E-state index contributed by atoms with van der Waals surface area (Å²) < 4.78 is 26.8. The van der Waals surface area contributed by atoms with Gasteiger partial charge in [0.1, 0.15) is 64.4 Å². The first kappa shape index (κ1) is 67.5. The van der Waals surface area contributed by atoms with E-state index in [1.165, 1.54) is 28.1 Å². The number of nitrogens with zero attached hydrogens (tertiary/aromatic N) is 6. The molecule has 0 aromatic carbocycles. The van der Waals surface area contributed by atoms with Crippen molar-refractivity contribution in [3.63, 3.8) is 0 Å². The number of anilines is 4. The normalized spacial score (nSPS) is 13.8. The summed E-state index contributed by atoms with van der Waals surface area (Å²) in [5, 5.41) is 28.7. The molecular weight excluding hydrogens is 925 g/mol. The van der Waals surface area contributed by atoms with Crippen LogP contribution in [-0.2, 0) is 9.47 Å². The number of hydrogen-bond acceptors (Lipinski definition) is 19. The van der Waals surface area contributed by atoms with E-state index < -0.39 is 5.60 Å². The number of pyridine rings is 4. The molecule has 0 spiro atoms. The van der Waals surface area contributed by atoms with E-state index in [4.69, 9.17) is 62.1 Å². The molecule has 1 amide bonds. The molecule has 6 unspecified atom stereocenters. The van der Waals surface area contributed by atoms with Gasteiger partial charge < -0.3 is 76.9 Å². The quantitative estimate of drug-likeness (QED) is 0.0338. The van der Waals surface area contributed by atoms with Crippen molar-refractivity contribution in [2.45, 2.75) is 144 Å². The first-order chi connectivity index (χ1) is 33.7. The van der Waals surface area contributed by atoms with Crippen molar-refractivity contribution in [2.24, 2.45) is 0 Å². The summed E-state index contributed by atoms with van der Waals surface area (Å²) in [6.07, 6.45) is 12.2. The third-order valence-electron chi connectivity index (χ3n) is 8.41. The van der Waals surface area contributed by atoms with E-state index in [0.29, 0.717) is 54.0 Å². The summed E-state index contributed by atoms with van der Waals surface area (Å²) in [5.74, 6) is 3.76. The lowest BCUT2D eigenvalue weighted by Crippen LogP contribution is -2.39. The Kier molecular flexibility index (Phi) is 36.6. The van der Waals surface area contributed by atoms with Crippen LogP contribution in [0.1, 0.15) is 102 Å². The molecule has 0 aliphatic carbocycles. The maximum Gasteiger partial charge on any atom is 0.410 e. The van der Waals surface area contributed by atoms with Gasteiger partial charge in [0.05, 0.1) is 38.0 Å². The number of rotatable bonds is 16. The summed E-state index contributed by atoms with van der Waals surface area (Å²) >= 11 is 0. The number of hydrogen-bond donors (Lipinski definition) is 8. The van der Waals surface area contributed by atoms with Gasteiger partial charge in [0.2, 0.25) is 0 Å². The maximum atomic E-state index is 11.8. The number of nitriles is 1. The van der Waals surface area contributed by atoms with Crippen LogP contribution in [-0.4, -0.2) is 136 Å². The number of epoxide rings is 1. The lowest BCUT2D eigenvalue weighted by Gasteiger charge is -2.26. The van der Waals surface area contributed by atoms with Gasteiger partial charge in [-0.15, -0.1) is 0 Å². The van der Waals surface area contributed by atoms with Gasteiger partial charge in [-0.05, 0) is 100 Å². The average Bonchev–Trinajstić information content (AvgIpc) is 4.06. The highest BCUT2D eigenvalue weighted by Gasteiger charge is 2.21. The first-order valence-corrected chi connectivity index (χ1v) is 24.0. The fraction of sp³-hybridized carbons (Fsp3) is 0.569. The van der Waals surface area contributed by atoms with Crippen molar-refractivity contribution >= 4 is 29.4 Å². The molecular formula is C51H88N12O9. The standard InChI is InChI=1S/C14H23N3O3.C10H14N4O.C9H15N3O.C5H6N2O.2C5H12O.C3H6O/c1-10(19-11-6-7-16-12(15)8-11)9-17(5)13(18)20-14(2,3)4;1-8(6-14(2)7-11)15-9-3-4-13-10(12)5-9;1-7(6-11-2)13-8-3-4-12-9(10)5-8;6-5-3-4(8)1-2-7-5;2*1-3-4-5(2)6;1-3-2-4-3/h6-8,10H,9H2,1-5H3,(H2,15,16);3-5,8H,6H2,1-2H3,(H2,12,13);3-5,7,11H,6H2,1-2H3,(H2,10,12);1-3H,(H3,6,7,8);2*5-6H,3-4H2,1-2H3;3H,2H2,1H3. The molecule has 21 heteroatoms. The molecule has 4 aromatic heterocycles. The van der Waals surface area contributed by atoms with E-state index in [2.05, 4.69) is 46.0 Å². The number of aliphatic hydroxyl groups is 2. The van der Waals surface area contributed by atoms with E-state index in [1.54, 1.807) is 69.1 Å². The molecule has 0 bridgehead atoms. The number of aliphatic hydroxyl groups excluding tert-OH is 2. The Balaban J connectivity index is 0. The van der Waals surface area contributed by atoms with Gasteiger partial charge in [0, 0.05) is 75.8 Å². The minimum atomic E-state index is -0.505. The van der Waals surface area contributed by atoms with Gasteiger partial charge in [-0.1, -0.05) is 26.7 Å². The zero-order valence-corrected chi connectivity index (χ0v) is 45.3. The molecule has 1 fully saturated rings. The Bertz CT molecular complexity index is 2090. The topological polar surface area (TPSA) is 325 Å². The van der Waals surface area contributed by atoms with Crippen molar-refractivity contribution in [2.75, 3.05) is 70.3 Å². The second kappa shape index (κ2) is 39.1. The Morgan fingerprint density at radius 1 is 0.806 bits per heavy atom. The number of aromatic amines is 1. The highest BCUT2D eigenvalue weighted by molar-refractivity contribution is 5.67. The summed E-state index contributed by atoms with van der Waals surface area (Å²) in [6, 6.07) is 13.0. The number of carbonyl (C=O) groups is 1. The maximum absolute atomic E-state index is 11.8. The summed E-state index contributed by atoms with van der Waals surface area (Å²) in [5.41, 5.74) is 21.2. The van der Waals surface area contributed by atoms with E-state index >= 15 is 0 Å². The first-order valence-electron chi connectivity index (χ1n) is 24.0. The molecule has 0 saturated carbocycles. The molecule has 21 nitrogen and oxygen atoms in total. The molecule has 1 aliphatic rings. The Labute approximate surface area is 428 Å². The van der Waals surface area contributed by atoms with Crippen LogP contribution in [0.2, 0.25) is 0 Å². The van der Waals surface area contributed by atoms with Crippen LogP contribution in [0.4, 0.5) is 28.1 Å². The Morgan fingerprint density at radius 2 is 1.21 bits per heavy atom. The summed E-state index contributed by atoms with van der Waals surface area (Å²) in [7, 11) is 5.27. The summed E-state index contributed by atoms with van der Waals surface area (Å²) in [6.45, 7) is 23.8. The summed E-state index contributed by atoms with van der Waals surface area (Å²) in [4.78, 5) is 39.5. The molecule has 5 rings (SSSR count). The molecule has 12 N–H and O–H groups in total. The fourth-order valence-corrected chi connectivity index (χ4v) is 5.23. The SMILES string of the molecule is CC(CN(C)C#N)Oc1ccnc(N)c1.CC(CN(C)C(=O)OC(C)(C)C)Oc1ccnc(N)c1.CC1CO1.CCCC(C)O.CCCC(C)O.CNCC(C)Oc1ccnc(N)c1.Nc1cc(=O)cc[nH]1. The van der Waals surface area contributed by atoms with Crippen LogP contribution in [0, 0.1) is 11.5 Å². The number of amides is 1. The van der Waals surface area contributed by atoms with Gasteiger partial charge in [-0.25, -0.2) is 19.7 Å². The zero-order chi connectivity index (χ0) is 55.2. The fourth-order valence-electron chi connectivity index (χ4n) is 5.23. The number of nitrogens with two attached hydrogens (primary N) is 4. The van der Waals surface area contributed by atoms with Crippen LogP contribution < -0.4 is 47.9 Å². The second-order valence-electron chi connectivity index (χ2n) is 17.8. The molecule has 1 aliphatic heterocycles. The minimum absolute atomic E-state index is 0.0683. The van der Waals surface area contributed by atoms with Crippen molar-refractivity contribution in [1.82, 2.24) is 35.1 Å². The lowest BCUT2D eigenvalue weighted by molar-refractivity contribution is 0.0237. The van der Waals surface area contributed by atoms with Crippen molar-refractivity contribution in [3.05, 3.63) is 83.5 Å². The number of likely N-dealkylation sites (N-methyl/N-ethyl adjacent to an activating group) is 3. The highest BCUT2D eigenvalue weighted by Crippen LogP contribution is 2.16. The lowest BCUT2D eigenvalue weighted by atomic mass is 10.2. The molecule has 4 aromatic rings. The third-order valence-corrected chi connectivity index (χ3v) is 8.41. The number of aromatic nitrogens is 4. The van der Waals surface area contributed by atoms with Crippen LogP contribution in [0.3, 0.4) is 0 Å². The van der Waals surface area contributed by atoms with E-state index in [9.17, 15) is 9.59 Å². The average molecular weight is 1010 g/mol. The molecule has 0 radical (unpaired) electrons. The number of carbonyl (C=O) groups excluding carboxylic acids is 1. The van der Waals surface area contributed by atoms with Gasteiger partial charge in [0.25, 0.3) is 0 Å². The van der Waals surface area contributed by atoms with Gasteiger partial charge in [-0.3, -0.25) is 4.79 Å². The predicted octanol–water partition coefficient (Wildman–Crippen LogP) is 6.49. The van der Waals surface area contributed by atoms with Crippen molar-refractivity contribution in [3.8, 4) is 23.4 Å². The van der Waals surface area contributed by atoms with E-state index in [-0.39, 0.29) is 42.0 Å². The smallest absolute Gasteiger partial charge is 0.410 e. The number of nitrogen functional groups attached to an aromatic ring is 4. The largest absolute Gasteiger partial charge is 0.489 e. The van der Waals surface area contributed by atoms with Crippen LogP contribution in [0.25, 0.3) is 0 Å². The molecule has 6 atom stereocenters. The molecule has 72 heavy (non-hydrogen) atoms. The Hall–Kier alpha value is -6.60. The predicted molar refractivity (Wildman–Crippen MR) is 287 cm³/mol. The van der Waals surface area contributed by atoms with Crippen LogP contribution in [0.5, 0.6) is 17.2 Å². The molecule has 1 saturated heterocycles. The van der Waals surface area contributed by atoms with Gasteiger partial charge in [0.15, 0.2) is 11.6 Å². The zero-order valence-electron chi connectivity index (χ0n) is 45.3. The van der Waals surface area contributed by atoms with Gasteiger partial charge >= 0.3 is 6.09 Å². The monoisotopic (exact) mass is 1010 g/mol. The number of ether oxygens (including phenoxy) is 5. The highest BCUT2D eigenvalue weighted by atomic mass is 16.6. The van der Waals surface area contributed by atoms with Crippen molar-refractivity contribution in [1.29, 1.82) is 5.26 Å². The van der Waals surface area contributed by atoms with Crippen molar-refractivity contribution < 1.29 is 38.7 Å². The number of H-pyrrole nitrogens is 1. The minimum Gasteiger partial charge on any atom is -0.489 e. The van der Waals surface area contributed by atoms with E-state index in [1.807, 2.05) is 68.6 Å². The number of nitrogens with one attached hydrogen (secondary N) is 2. The van der Waals surface area contributed by atoms with Gasteiger partial charge in [-0.2, -0.15) is 5.26 Å². The molecule has 5 heterocycles. The van der Waals surface area contributed by atoms with Crippen LogP contribution >= 0.6 is 0 Å².